The Bertz CT molecular complexity index is 762. The van der Waals surface area contributed by atoms with Gasteiger partial charge in [-0.2, -0.15) is 0 Å². The van der Waals surface area contributed by atoms with Gasteiger partial charge in [0.05, 0.1) is 4.92 Å². The lowest BCUT2D eigenvalue weighted by atomic mass is 9.96. The third-order valence-electron chi connectivity index (χ3n) is 4.66. The van der Waals surface area contributed by atoms with Crippen molar-refractivity contribution in [2.75, 3.05) is 33.1 Å². The number of hydrogen-bond acceptors (Lipinski definition) is 6. The van der Waals surface area contributed by atoms with Crippen molar-refractivity contribution in [3.8, 4) is 0 Å². The number of fused-ring (bicyclic) bond motifs is 1. The molecule has 6 nitrogen and oxygen atoms in total. The Labute approximate surface area is 157 Å². The molecule has 0 fully saturated rings. The molecular formula is C19H22N2O4S. The molecule has 0 saturated carbocycles. The van der Waals surface area contributed by atoms with Crippen LogP contribution >= 0.6 is 11.8 Å². The molecule has 0 amide bonds. The molecule has 7 heteroatoms. The minimum Gasteiger partial charge on any atom is -0.337 e. The molecule has 0 N–H and O–H groups in total. The van der Waals surface area contributed by atoms with Gasteiger partial charge in [-0.15, -0.1) is 11.8 Å². The second kappa shape index (κ2) is 8.18. The number of methoxy groups -OCH3 is 2. The Morgan fingerprint density at radius 1 is 1.15 bits per heavy atom. The normalized spacial score (nSPS) is 16.2. The minimum absolute atomic E-state index is 0.111. The number of non-ortho nitro benzene ring substituents is 1. The number of rotatable bonds is 7. The molecule has 0 spiro atoms. The van der Waals surface area contributed by atoms with Crippen molar-refractivity contribution in [2.45, 2.75) is 17.2 Å². The summed E-state index contributed by atoms with van der Waals surface area (Å²) in [6.07, 6.45) is 0.951. The quantitative estimate of drug-likeness (QED) is 0.319. The van der Waals surface area contributed by atoms with E-state index < -0.39 is 5.91 Å². The molecule has 3 rings (SSSR count). The van der Waals surface area contributed by atoms with Crippen LogP contribution in [0.4, 0.5) is 5.69 Å². The Balaban J connectivity index is 1.68. The SMILES string of the molecule is COC1(OC)c2ccccc2CCN1CCSc1ccc([N+](=O)[O-])cc1. The van der Waals surface area contributed by atoms with Crippen LogP contribution in [0.25, 0.3) is 0 Å². The molecule has 0 atom stereocenters. The third-order valence-corrected chi connectivity index (χ3v) is 5.65. The number of ether oxygens (including phenoxy) is 2. The van der Waals surface area contributed by atoms with Crippen molar-refractivity contribution in [3.63, 3.8) is 0 Å². The van der Waals surface area contributed by atoms with Crippen molar-refractivity contribution >= 4 is 17.4 Å². The fourth-order valence-electron chi connectivity index (χ4n) is 3.38. The monoisotopic (exact) mass is 374 g/mol. The molecule has 0 aromatic heterocycles. The molecule has 26 heavy (non-hydrogen) atoms. The maximum absolute atomic E-state index is 10.7. The van der Waals surface area contributed by atoms with Gasteiger partial charge in [-0.25, -0.2) is 4.90 Å². The van der Waals surface area contributed by atoms with E-state index in [1.54, 1.807) is 38.1 Å². The second-order valence-corrected chi connectivity index (χ2v) is 7.15. The zero-order chi connectivity index (χ0) is 18.6. The first-order chi connectivity index (χ1) is 12.6. The van der Waals surface area contributed by atoms with Crippen molar-refractivity contribution in [1.29, 1.82) is 0 Å². The highest BCUT2D eigenvalue weighted by atomic mass is 32.2. The van der Waals surface area contributed by atoms with Gasteiger partial charge in [0.1, 0.15) is 0 Å². The van der Waals surface area contributed by atoms with Crippen molar-refractivity contribution in [2.24, 2.45) is 0 Å². The van der Waals surface area contributed by atoms with Crippen LogP contribution < -0.4 is 0 Å². The molecule has 138 valence electrons. The highest BCUT2D eigenvalue weighted by Crippen LogP contribution is 2.37. The van der Waals surface area contributed by atoms with Crippen LogP contribution in [-0.2, 0) is 21.8 Å². The van der Waals surface area contributed by atoms with Crippen molar-refractivity contribution < 1.29 is 14.4 Å². The maximum atomic E-state index is 10.7. The van der Waals surface area contributed by atoms with Gasteiger partial charge in [0.15, 0.2) is 0 Å². The Kier molecular flexibility index (Phi) is 5.93. The molecule has 1 aliphatic heterocycles. The van der Waals surface area contributed by atoms with Crippen LogP contribution in [0, 0.1) is 10.1 Å². The van der Waals surface area contributed by atoms with Crippen LogP contribution in [0.3, 0.4) is 0 Å². The molecule has 0 saturated heterocycles. The average Bonchev–Trinajstić information content (AvgIpc) is 2.68. The van der Waals surface area contributed by atoms with Crippen molar-refractivity contribution in [1.82, 2.24) is 4.90 Å². The zero-order valence-electron chi connectivity index (χ0n) is 14.9. The Morgan fingerprint density at radius 3 is 2.50 bits per heavy atom. The number of nitrogens with zero attached hydrogens (tertiary/aromatic N) is 2. The van der Waals surface area contributed by atoms with E-state index in [1.165, 1.54) is 17.7 Å². The lowest BCUT2D eigenvalue weighted by molar-refractivity contribution is -0.384. The van der Waals surface area contributed by atoms with Crippen LogP contribution in [0.5, 0.6) is 0 Å². The molecule has 0 bridgehead atoms. The summed E-state index contributed by atoms with van der Waals surface area (Å²) in [6, 6.07) is 14.9. The molecule has 2 aromatic carbocycles. The summed E-state index contributed by atoms with van der Waals surface area (Å²) in [7, 11) is 3.34. The summed E-state index contributed by atoms with van der Waals surface area (Å²) in [5, 5.41) is 10.7. The number of nitro groups is 1. The summed E-state index contributed by atoms with van der Waals surface area (Å²) >= 11 is 1.66. The van der Waals surface area contributed by atoms with Crippen LogP contribution in [0.15, 0.2) is 53.4 Å². The molecule has 2 aromatic rings. The average molecular weight is 374 g/mol. The van der Waals surface area contributed by atoms with Gasteiger partial charge in [-0.1, -0.05) is 24.3 Å². The zero-order valence-corrected chi connectivity index (χ0v) is 15.7. The molecule has 1 heterocycles. The minimum atomic E-state index is -0.870. The number of thioether (sulfide) groups is 1. The van der Waals surface area contributed by atoms with E-state index in [0.717, 1.165) is 35.7 Å². The van der Waals surface area contributed by atoms with Gasteiger partial charge in [0.2, 0.25) is 0 Å². The first kappa shape index (κ1) is 18.8. The summed E-state index contributed by atoms with van der Waals surface area (Å²) in [6.45, 7) is 1.62. The van der Waals surface area contributed by atoms with Crippen LogP contribution in [-0.4, -0.2) is 42.9 Å². The van der Waals surface area contributed by atoms with Gasteiger partial charge in [-0.05, 0) is 24.1 Å². The fraction of sp³-hybridized carbons (Fsp3) is 0.368. The van der Waals surface area contributed by atoms with Gasteiger partial charge in [0, 0.05) is 55.7 Å². The largest absolute Gasteiger partial charge is 0.337 e. The summed E-state index contributed by atoms with van der Waals surface area (Å²) < 4.78 is 11.7. The van der Waals surface area contributed by atoms with E-state index in [1.807, 2.05) is 12.1 Å². The summed E-state index contributed by atoms with van der Waals surface area (Å²) in [4.78, 5) is 13.6. The van der Waals surface area contributed by atoms with Crippen LogP contribution in [0.1, 0.15) is 11.1 Å². The number of nitro benzene ring substituents is 1. The molecular weight excluding hydrogens is 352 g/mol. The fourth-order valence-corrected chi connectivity index (χ4v) is 4.25. The lowest BCUT2D eigenvalue weighted by Gasteiger charge is -2.45. The Hall–Kier alpha value is -1.93. The first-order valence-electron chi connectivity index (χ1n) is 8.41. The first-order valence-corrected chi connectivity index (χ1v) is 9.40. The lowest BCUT2D eigenvalue weighted by Crippen LogP contribution is -2.54. The van der Waals surface area contributed by atoms with Gasteiger partial charge in [-0.3, -0.25) is 10.1 Å². The smallest absolute Gasteiger partial charge is 0.269 e. The number of hydrogen-bond donors (Lipinski definition) is 0. The predicted octanol–water partition coefficient (Wildman–Crippen LogP) is 3.65. The topological polar surface area (TPSA) is 64.8 Å². The van der Waals surface area contributed by atoms with Crippen molar-refractivity contribution in [3.05, 3.63) is 69.8 Å². The van der Waals surface area contributed by atoms with E-state index in [9.17, 15) is 10.1 Å². The molecule has 0 aliphatic carbocycles. The molecule has 0 radical (unpaired) electrons. The molecule has 1 aliphatic rings. The number of benzene rings is 2. The highest BCUT2D eigenvalue weighted by Gasteiger charge is 2.43. The van der Waals surface area contributed by atoms with Gasteiger partial charge >= 0.3 is 0 Å². The molecule has 0 unspecified atom stereocenters. The van der Waals surface area contributed by atoms with E-state index >= 15 is 0 Å². The van der Waals surface area contributed by atoms with E-state index in [-0.39, 0.29) is 10.6 Å². The van der Waals surface area contributed by atoms with Crippen LogP contribution in [0.2, 0.25) is 0 Å². The summed E-state index contributed by atoms with van der Waals surface area (Å²) in [5.74, 6) is -0.0423. The van der Waals surface area contributed by atoms with E-state index in [2.05, 4.69) is 17.0 Å². The Morgan fingerprint density at radius 2 is 1.85 bits per heavy atom. The van der Waals surface area contributed by atoms with E-state index in [4.69, 9.17) is 9.47 Å². The van der Waals surface area contributed by atoms with E-state index in [0.29, 0.717) is 0 Å². The predicted molar refractivity (Wildman–Crippen MR) is 101 cm³/mol. The summed E-state index contributed by atoms with van der Waals surface area (Å²) in [5.41, 5.74) is 2.41. The standard InChI is InChI=1S/C19H22N2O4S/c1-24-19(25-2)18-6-4-3-5-15(18)11-12-20(19)13-14-26-17-9-7-16(8-10-17)21(22)23/h3-10H,11-14H2,1-2H3. The van der Waals surface area contributed by atoms with Gasteiger partial charge in [0.25, 0.3) is 11.6 Å². The third kappa shape index (κ3) is 3.61. The highest BCUT2D eigenvalue weighted by molar-refractivity contribution is 7.99. The second-order valence-electron chi connectivity index (χ2n) is 5.98. The van der Waals surface area contributed by atoms with Gasteiger partial charge < -0.3 is 9.47 Å². The maximum Gasteiger partial charge on any atom is 0.269 e.